The van der Waals surface area contributed by atoms with Crippen molar-refractivity contribution in [3.63, 3.8) is 0 Å². The number of aliphatic imine (C=N–C) groups is 1. The molecule has 0 aliphatic carbocycles. The van der Waals surface area contributed by atoms with Crippen LogP contribution in [0.15, 0.2) is 78.3 Å². The minimum absolute atomic E-state index is 0. The molecule has 1 heterocycles. The number of halogens is 1. The SMILES string of the molecule is CN=C(NCCCc1ccccc1)NCc1ccc(Cn2ccnc2)cc1.I. The number of benzene rings is 2. The lowest BCUT2D eigenvalue weighted by atomic mass is 10.1. The van der Waals surface area contributed by atoms with Crippen molar-refractivity contribution in [1.29, 1.82) is 0 Å². The van der Waals surface area contributed by atoms with Crippen molar-refractivity contribution in [1.82, 2.24) is 20.2 Å². The van der Waals surface area contributed by atoms with E-state index in [2.05, 4.69) is 79.8 Å². The van der Waals surface area contributed by atoms with Gasteiger partial charge in [0, 0.05) is 39.1 Å². The van der Waals surface area contributed by atoms with Crippen LogP contribution >= 0.6 is 24.0 Å². The number of aryl methyl sites for hydroxylation is 1. The fourth-order valence-corrected chi connectivity index (χ4v) is 2.90. The van der Waals surface area contributed by atoms with Gasteiger partial charge in [-0.25, -0.2) is 4.98 Å². The van der Waals surface area contributed by atoms with Crippen LogP contribution in [0, 0.1) is 0 Å². The van der Waals surface area contributed by atoms with Gasteiger partial charge in [0.1, 0.15) is 0 Å². The molecule has 0 unspecified atom stereocenters. The summed E-state index contributed by atoms with van der Waals surface area (Å²) >= 11 is 0. The van der Waals surface area contributed by atoms with Gasteiger partial charge in [-0.3, -0.25) is 4.99 Å². The molecular formula is C22H28IN5. The molecule has 148 valence electrons. The van der Waals surface area contributed by atoms with E-state index in [0.717, 1.165) is 38.4 Å². The number of imidazole rings is 1. The predicted molar refractivity (Wildman–Crippen MR) is 126 cm³/mol. The summed E-state index contributed by atoms with van der Waals surface area (Å²) in [7, 11) is 1.81. The molecule has 0 atom stereocenters. The molecule has 0 fully saturated rings. The third-order valence-corrected chi connectivity index (χ3v) is 4.41. The van der Waals surface area contributed by atoms with E-state index in [4.69, 9.17) is 0 Å². The summed E-state index contributed by atoms with van der Waals surface area (Å²) in [6, 6.07) is 19.2. The van der Waals surface area contributed by atoms with E-state index in [9.17, 15) is 0 Å². The highest BCUT2D eigenvalue weighted by molar-refractivity contribution is 14.0. The van der Waals surface area contributed by atoms with Gasteiger partial charge in [-0.1, -0.05) is 54.6 Å². The molecule has 6 heteroatoms. The van der Waals surface area contributed by atoms with Gasteiger partial charge in [0.05, 0.1) is 6.33 Å². The molecule has 2 N–H and O–H groups in total. The summed E-state index contributed by atoms with van der Waals surface area (Å²) < 4.78 is 2.06. The second-order valence-corrected chi connectivity index (χ2v) is 6.49. The summed E-state index contributed by atoms with van der Waals surface area (Å²) in [6.07, 6.45) is 7.76. The Hall–Kier alpha value is -2.35. The van der Waals surface area contributed by atoms with Crippen LogP contribution in [-0.2, 0) is 19.5 Å². The molecule has 1 aromatic heterocycles. The Labute approximate surface area is 184 Å². The Kier molecular flexibility index (Phi) is 9.54. The predicted octanol–water partition coefficient (Wildman–Crippen LogP) is 3.85. The van der Waals surface area contributed by atoms with Crippen molar-refractivity contribution in [2.24, 2.45) is 4.99 Å². The number of nitrogens with zero attached hydrogens (tertiary/aromatic N) is 3. The van der Waals surface area contributed by atoms with E-state index in [1.54, 1.807) is 13.2 Å². The first kappa shape index (κ1) is 21.9. The molecule has 28 heavy (non-hydrogen) atoms. The highest BCUT2D eigenvalue weighted by Crippen LogP contribution is 2.06. The summed E-state index contributed by atoms with van der Waals surface area (Å²) in [5.41, 5.74) is 3.87. The van der Waals surface area contributed by atoms with E-state index in [1.165, 1.54) is 16.7 Å². The molecule has 5 nitrogen and oxygen atoms in total. The molecule has 0 aliphatic heterocycles. The second kappa shape index (κ2) is 12.2. The van der Waals surface area contributed by atoms with E-state index >= 15 is 0 Å². The van der Waals surface area contributed by atoms with Gasteiger partial charge < -0.3 is 15.2 Å². The lowest BCUT2D eigenvalue weighted by Crippen LogP contribution is -2.37. The number of rotatable bonds is 8. The first-order valence-corrected chi connectivity index (χ1v) is 9.35. The Bertz CT molecular complexity index is 814. The van der Waals surface area contributed by atoms with E-state index in [1.807, 2.05) is 12.5 Å². The van der Waals surface area contributed by atoms with Gasteiger partial charge in [0.25, 0.3) is 0 Å². The van der Waals surface area contributed by atoms with Crippen LogP contribution in [0.3, 0.4) is 0 Å². The summed E-state index contributed by atoms with van der Waals surface area (Å²) in [5, 5.41) is 6.75. The third kappa shape index (κ3) is 7.34. The smallest absolute Gasteiger partial charge is 0.191 e. The zero-order valence-corrected chi connectivity index (χ0v) is 18.5. The topological polar surface area (TPSA) is 54.2 Å². The van der Waals surface area contributed by atoms with Crippen LogP contribution < -0.4 is 10.6 Å². The average Bonchev–Trinajstić information content (AvgIpc) is 3.22. The monoisotopic (exact) mass is 489 g/mol. The fraction of sp³-hybridized carbons (Fsp3) is 0.273. The van der Waals surface area contributed by atoms with Crippen LogP contribution in [0.5, 0.6) is 0 Å². The van der Waals surface area contributed by atoms with Crippen molar-refractivity contribution in [3.8, 4) is 0 Å². The van der Waals surface area contributed by atoms with Gasteiger partial charge >= 0.3 is 0 Å². The number of hydrogen-bond donors (Lipinski definition) is 2. The maximum atomic E-state index is 4.30. The maximum Gasteiger partial charge on any atom is 0.191 e. The molecular weight excluding hydrogens is 461 g/mol. The van der Waals surface area contributed by atoms with Crippen molar-refractivity contribution in [3.05, 3.63) is 90.0 Å². The lowest BCUT2D eigenvalue weighted by Gasteiger charge is -2.12. The molecule has 0 saturated heterocycles. The normalized spacial score (nSPS) is 11.0. The molecule has 0 spiro atoms. The first-order chi connectivity index (χ1) is 13.3. The number of hydrogen-bond acceptors (Lipinski definition) is 2. The van der Waals surface area contributed by atoms with Gasteiger partial charge in [-0.2, -0.15) is 0 Å². The van der Waals surface area contributed by atoms with Gasteiger partial charge in [0.2, 0.25) is 0 Å². The van der Waals surface area contributed by atoms with Crippen molar-refractivity contribution < 1.29 is 0 Å². The summed E-state index contributed by atoms with van der Waals surface area (Å²) in [6.45, 7) is 2.50. The Morgan fingerprint density at radius 1 is 0.964 bits per heavy atom. The highest BCUT2D eigenvalue weighted by Gasteiger charge is 2.00. The fourth-order valence-electron chi connectivity index (χ4n) is 2.90. The van der Waals surface area contributed by atoms with Crippen molar-refractivity contribution in [2.75, 3.05) is 13.6 Å². The van der Waals surface area contributed by atoms with Crippen LogP contribution in [-0.4, -0.2) is 29.1 Å². The van der Waals surface area contributed by atoms with Crippen molar-refractivity contribution >= 4 is 29.9 Å². The van der Waals surface area contributed by atoms with Crippen LogP contribution in [0.4, 0.5) is 0 Å². The second-order valence-electron chi connectivity index (χ2n) is 6.49. The van der Waals surface area contributed by atoms with Gasteiger partial charge in [-0.15, -0.1) is 24.0 Å². The van der Waals surface area contributed by atoms with Crippen molar-refractivity contribution in [2.45, 2.75) is 25.9 Å². The molecule has 0 aliphatic rings. The number of aromatic nitrogens is 2. The molecule has 0 amide bonds. The zero-order valence-electron chi connectivity index (χ0n) is 16.2. The molecule has 0 saturated carbocycles. The zero-order chi connectivity index (χ0) is 18.7. The van der Waals surface area contributed by atoms with E-state index in [0.29, 0.717) is 0 Å². The highest BCUT2D eigenvalue weighted by atomic mass is 127. The average molecular weight is 489 g/mol. The van der Waals surface area contributed by atoms with Gasteiger partial charge in [0.15, 0.2) is 5.96 Å². The summed E-state index contributed by atoms with van der Waals surface area (Å²) in [4.78, 5) is 8.37. The van der Waals surface area contributed by atoms with Crippen LogP contribution in [0.1, 0.15) is 23.1 Å². The van der Waals surface area contributed by atoms with E-state index in [-0.39, 0.29) is 24.0 Å². The molecule has 2 aromatic carbocycles. The largest absolute Gasteiger partial charge is 0.356 e. The Morgan fingerprint density at radius 3 is 2.39 bits per heavy atom. The minimum Gasteiger partial charge on any atom is -0.356 e. The number of nitrogens with one attached hydrogen (secondary N) is 2. The third-order valence-electron chi connectivity index (χ3n) is 4.41. The summed E-state index contributed by atoms with van der Waals surface area (Å²) in [5.74, 6) is 0.838. The Morgan fingerprint density at radius 2 is 1.71 bits per heavy atom. The quantitative estimate of drug-likeness (QED) is 0.219. The van der Waals surface area contributed by atoms with Crippen LogP contribution in [0.25, 0.3) is 0 Å². The lowest BCUT2D eigenvalue weighted by molar-refractivity contribution is 0.741. The molecule has 3 aromatic rings. The molecule has 0 bridgehead atoms. The number of guanidine groups is 1. The standard InChI is InChI=1S/C22H27N5.HI/c1-23-22(25-13-5-8-19-6-3-2-4-7-19)26-16-20-9-11-21(12-10-20)17-27-15-14-24-18-27;/h2-4,6-7,9-12,14-15,18H,5,8,13,16-17H2,1H3,(H2,23,25,26);1H. The van der Waals surface area contributed by atoms with Crippen LogP contribution in [0.2, 0.25) is 0 Å². The first-order valence-electron chi connectivity index (χ1n) is 9.35. The molecule has 0 radical (unpaired) electrons. The Balaban J connectivity index is 0.00000280. The van der Waals surface area contributed by atoms with Gasteiger partial charge in [-0.05, 0) is 29.5 Å². The maximum absolute atomic E-state index is 4.30. The van der Waals surface area contributed by atoms with E-state index < -0.39 is 0 Å². The minimum atomic E-state index is 0. The molecule has 3 rings (SSSR count).